The summed E-state index contributed by atoms with van der Waals surface area (Å²) in [5, 5.41) is -5.65. The predicted octanol–water partition coefficient (Wildman–Crippen LogP) is 7.80. The first-order valence-corrected chi connectivity index (χ1v) is 9.88. The Labute approximate surface area is 176 Å². The van der Waals surface area contributed by atoms with E-state index >= 15 is 0 Å². The van der Waals surface area contributed by atoms with Gasteiger partial charge < -0.3 is 4.74 Å². The van der Waals surface area contributed by atoms with E-state index in [-0.39, 0.29) is 5.56 Å². The Morgan fingerprint density at radius 3 is 1.65 bits per heavy atom. The molecule has 1 nitrogen and oxygen atoms in total. The minimum absolute atomic E-state index is 0.0439. The van der Waals surface area contributed by atoms with Gasteiger partial charge in [-0.1, -0.05) is 55.1 Å². The maximum absolute atomic E-state index is 13.6. The quantitative estimate of drug-likeness (QED) is 0.342. The van der Waals surface area contributed by atoms with Gasteiger partial charge in [0.05, 0.1) is 6.61 Å². The van der Waals surface area contributed by atoms with Gasteiger partial charge in [-0.05, 0) is 35.2 Å². The molecule has 0 N–H and O–H groups in total. The Morgan fingerprint density at radius 2 is 1.19 bits per heavy atom. The molecule has 0 aliphatic carbocycles. The smallest absolute Gasteiger partial charge is 0.460 e. The van der Waals surface area contributed by atoms with Gasteiger partial charge in [0.15, 0.2) is 0 Å². The van der Waals surface area contributed by atoms with Crippen LogP contribution in [0.3, 0.4) is 0 Å². The van der Waals surface area contributed by atoms with Gasteiger partial charge in [-0.3, -0.25) is 0 Å². The fraction of sp³-hybridized carbons (Fsp3) is 0.400. The van der Waals surface area contributed by atoms with E-state index < -0.39 is 40.8 Å². The van der Waals surface area contributed by atoms with E-state index in [1.165, 1.54) is 24.3 Å². The summed E-state index contributed by atoms with van der Waals surface area (Å²) in [5.74, 6) is -13.8. The summed E-state index contributed by atoms with van der Waals surface area (Å²) in [5.41, 5.74) is 1.43. The molecular weight excluding hydrogens is 459 g/mol. The van der Waals surface area contributed by atoms with Gasteiger partial charge in [-0.25, -0.2) is 0 Å². The Morgan fingerprint density at radius 1 is 0.710 bits per heavy atom. The van der Waals surface area contributed by atoms with Crippen molar-refractivity contribution in [3.05, 3.63) is 54.1 Å². The summed E-state index contributed by atoms with van der Waals surface area (Å²) in [7, 11) is 0. The van der Waals surface area contributed by atoms with Crippen molar-refractivity contribution in [2.24, 2.45) is 0 Å². The minimum Gasteiger partial charge on any atom is -0.494 e. The van der Waals surface area contributed by atoms with Crippen LogP contribution < -0.4 is 4.74 Å². The van der Waals surface area contributed by atoms with Gasteiger partial charge in [-0.15, -0.1) is 0 Å². The van der Waals surface area contributed by atoms with Crippen LogP contribution in [0.25, 0.3) is 11.1 Å². The summed E-state index contributed by atoms with van der Waals surface area (Å²) in [6, 6.07) is 12.5. The minimum atomic E-state index is -6.88. The summed E-state index contributed by atoms with van der Waals surface area (Å²) in [4.78, 5) is 0. The molecule has 11 heteroatoms. The number of halogens is 9. The Bertz CT molecular complexity index is 846. The highest BCUT2D eigenvalue weighted by Crippen LogP contribution is 2.57. The molecular formula is C20H17F9OS. The van der Waals surface area contributed by atoms with Gasteiger partial charge in [0.25, 0.3) is 0 Å². The first-order chi connectivity index (χ1) is 14.2. The maximum atomic E-state index is 13.6. The molecule has 0 saturated heterocycles. The van der Waals surface area contributed by atoms with Crippen molar-refractivity contribution in [2.45, 2.75) is 42.4 Å². The summed E-state index contributed by atoms with van der Waals surface area (Å²) < 4.78 is 121. The fourth-order valence-electron chi connectivity index (χ4n) is 2.38. The number of thioether (sulfide) groups is 1. The van der Waals surface area contributed by atoms with Gasteiger partial charge in [0.2, 0.25) is 0 Å². The Hall–Kier alpha value is -2.04. The van der Waals surface area contributed by atoms with E-state index in [0.29, 0.717) is 17.9 Å². The standard InChI is InChI=1S/C20H17F9OS/c1-2-11-30-16-9-7-15(8-10-16)14-5-3-13(4-6-14)12-31-20(28,29)18(23,24)17(21,22)19(25,26)27/h3-10H,2,11-12H2,1H3. The Balaban J connectivity index is 2.07. The first kappa shape index (κ1) is 25.2. The molecule has 0 spiro atoms. The molecule has 0 aromatic heterocycles. The second-order valence-electron chi connectivity index (χ2n) is 6.52. The average molecular weight is 476 g/mol. The molecule has 0 unspecified atom stereocenters. The molecule has 31 heavy (non-hydrogen) atoms. The van der Waals surface area contributed by atoms with Crippen molar-refractivity contribution >= 4 is 11.8 Å². The molecule has 2 aromatic carbocycles. The lowest BCUT2D eigenvalue weighted by molar-refractivity contribution is -0.381. The van der Waals surface area contributed by atoms with E-state index in [9.17, 15) is 39.5 Å². The largest absolute Gasteiger partial charge is 0.494 e. The van der Waals surface area contributed by atoms with Crippen LogP contribution in [-0.4, -0.2) is 29.9 Å². The van der Waals surface area contributed by atoms with Crippen LogP contribution in [0.5, 0.6) is 5.75 Å². The van der Waals surface area contributed by atoms with Crippen LogP contribution in [0.1, 0.15) is 18.9 Å². The second-order valence-corrected chi connectivity index (χ2v) is 7.61. The number of benzene rings is 2. The molecule has 0 aliphatic heterocycles. The third kappa shape index (κ3) is 5.42. The summed E-state index contributed by atoms with van der Waals surface area (Å²) in [6.07, 6.45) is -5.99. The van der Waals surface area contributed by atoms with E-state index in [1.807, 2.05) is 6.92 Å². The van der Waals surface area contributed by atoms with Crippen LogP contribution >= 0.6 is 11.8 Å². The van der Waals surface area contributed by atoms with Crippen molar-refractivity contribution in [1.29, 1.82) is 0 Å². The van der Waals surface area contributed by atoms with Gasteiger partial charge >= 0.3 is 23.3 Å². The second kappa shape index (κ2) is 9.22. The highest BCUT2D eigenvalue weighted by atomic mass is 32.2. The molecule has 0 saturated carbocycles. The zero-order chi connectivity index (χ0) is 23.5. The van der Waals surface area contributed by atoms with Gasteiger partial charge in [0, 0.05) is 5.75 Å². The molecule has 0 bridgehead atoms. The monoisotopic (exact) mass is 476 g/mol. The SMILES string of the molecule is CCCOc1ccc(-c2ccc(CSC(F)(F)C(F)(F)C(F)(F)C(F)(F)F)cc2)cc1. The molecule has 2 rings (SSSR count). The lowest BCUT2D eigenvalue weighted by atomic mass is 10.0. The van der Waals surface area contributed by atoms with Crippen molar-refractivity contribution in [2.75, 3.05) is 6.61 Å². The molecule has 2 aromatic rings. The maximum Gasteiger partial charge on any atom is 0.460 e. The third-order valence-electron chi connectivity index (χ3n) is 4.15. The van der Waals surface area contributed by atoms with Crippen molar-refractivity contribution in [3.8, 4) is 16.9 Å². The first-order valence-electron chi connectivity index (χ1n) is 8.89. The van der Waals surface area contributed by atoms with E-state index in [0.717, 1.165) is 12.0 Å². The topological polar surface area (TPSA) is 9.23 Å². The molecule has 0 amide bonds. The average Bonchev–Trinajstić information content (AvgIpc) is 2.70. The molecule has 172 valence electrons. The van der Waals surface area contributed by atoms with Crippen molar-refractivity contribution < 1.29 is 44.3 Å². The lowest BCUT2D eigenvalue weighted by Crippen LogP contribution is -2.59. The fourth-order valence-corrected chi connectivity index (χ4v) is 3.23. The number of hydrogen-bond acceptors (Lipinski definition) is 2. The number of alkyl halides is 9. The number of ether oxygens (including phenoxy) is 1. The van der Waals surface area contributed by atoms with Crippen molar-refractivity contribution in [3.63, 3.8) is 0 Å². The predicted molar refractivity (Wildman–Crippen MR) is 99.9 cm³/mol. The highest BCUT2D eigenvalue weighted by Gasteiger charge is 2.81. The number of hydrogen-bond donors (Lipinski definition) is 0. The van der Waals surface area contributed by atoms with Crippen LogP contribution in [0, 0.1) is 0 Å². The van der Waals surface area contributed by atoms with Gasteiger partial charge in [-0.2, -0.15) is 39.5 Å². The molecule has 0 aliphatic rings. The summed E-state index contributed by atoms with van der Waals surface area (Å²) >= 11 is -0.987. The molecule has 0 atom stereocenters. The van der Waals surface area contributed by atoms with E-state index in [4.69, 9.17) is 4.74 Å². The highest BCUT2D eigenvalue weighted by molar-refractivity contribution is 7.99. The number of rotatable bonds is 9. The molecule has 0 heterocycles. The summed E-state index contributed by atoms with van der Waals surface area (Å²) in [6.45, 7) is 2.50. The third-order valence-corrected chi connectivity index (χ3v) is 5.25. The van der Waals surface area contributed by atoms with Crippen molar-refractivity contribution in [1.82, 2.24) is 0 Å². The Kier molecular flexibility index (Phi) is 7.50. The van der Waals surface area contributed by atoms with Crippen LogP contribution in [0.15, 0.2) is 48.5 Å². The van der Waals surface area contributed by atoms with Crippen LogP contribution in [-0.2, 0) is 5.75 Å². The lowest BCUT2D eigenvalue weighted by Gasteiger charge is -2.33. The van der Waals surface area contributed by atoms with E-state index in [1.54, 1.807) is 24.3 Å². The zero-order valence-electron chi connectivity index (χ0n) is 16.0. The van der Waals surface area contributed by atoms with E-state index in [2.05, 4.69) is 0 Å². The molecule has 0 fully saturated rings. The van der Waals surface area contributed by atoms with Crippen LogP contribution in [0.4, 0.5) is 39.5 Å². The normalized spacial score (nSPS) is 13.4. The molecule has 0 radical (unpaired) electrons. The zero-order valence-corrected chi connectivity index (χ0v) is 16.8. The van der Waals surface area contributed by atoms with Gasteiger partial charge in [0.1, 0.15) is 5.75 Å². The van der Waals surface area contributed by atoms with Crippen LogP contribution in [0.2, 0.25) is 0 Å².